The van der Waals surface area contributed by atoms with Crippen LogP contribution in [0.1, 0.15) is 80.1 Å². The summed E-state index contributed by atoms with van der Waals surface area (Å²) in [5.74, 6) is -5.68. The molecule has 0 aromatic carbocycles. The van der Waals surface area contributed by atoms with Crippen molar-refractivity contribution < 1.29 is 46.8 Å². The number of alkyl carbamates (subject to hydrolysis) is 2. The fourth-order valence-electron chi connectivity index (χ4n) is 3.47. The predicted molar refractivity (Wildman–Crippen MR) is 116 cm³/mol. The summed E-state index contributed by atoms with van der Waals surface area (Å²) in [6.45, 7) is 10.2. The van der Waals surface area contributed by atoms with Gasteiger partial charge < -0.3 is 30.3 Å². The maximum atomic E-state index is 12.9. The van der Waals surface area contributed by atoms with Gasteiger partial charge in [0.15, 0.2) is 0 Å². The van der Waals surface area contributed by atoms with Crippen LogP contribution in [0.15, 0.2) is 0 Å². The SMILES string of the molecule is CC(C)(C)OC(=O)N[C@@H]1CCC(F)(F)C[C@H]1O.CC(C)(C)OC(=O)N[C@H]1CCC(F)(F)C[C@@H]1O. The van der Waals surface area contributed by atoms with Crippen LogP contribution in [0.5, 0.6) is 0 Å². The number of halogens is 4. The van der Waals surface area contributed by atoms with E-state index in [2.05, 4.69) is 10.6 Å². The zero-order valence-corrected chi connectivity index (χ0v) is 20.6. The average Bonchev–Trinajstić information content (AvgIpc) is 2.56. The Balaban J connectivity index is 0.000000340. The first-order valence-corrected chi connectivity index (χ1v) is 11.3. The second kappa shape index (κ2) is 11.3. The molecule has 8 nitrogen and oxygen atoms in total. The van der Waals surface area contributed by atoms with Gasteiger partial charge in [-0.25, -0.2) is 27.2 Å². The molecule has 0 aliphatic heterocycles. The van der Waals surface area contributed by atoms with Gasteiger partial charge in [0.1, 0.15) is 11.2 Å². The molecule has 2 saturated carbocycles. The van der Waals surface area contributed by atoms with Gasteiger partial charge in [0.25, 0.3) is 11.8 Å². The third-order valence-electron chi connectivity index (χ3n) is 4.99. The van der Waals surface area contributed by atoms with Gasteiger partial charge >= 0.3 is 12.2 Å². The Morgan fingerprint density at radius 3 is 1.26 bits per heavy atom. The van der Waals surface area contributed by atoms with Crippen molar-refractivity contribution in [2.24, 2.45) is 0 Å². The molecule has 0 saturated heterocycles. The molecule has 0 aromatic rings. The maximum absolute atomic E-state index is 12.9. The van der Waals surface area contributed by atoms with Gasteiger partial charge in [0.05, 0.1) is 24.3 Å². The third kappa shape index (κ3) is 12.0. The first kappa shape index (κ1) is 30.2. The van der Waals surface area contributed by atoms with E-state index in [4.69, 9.17) is 9.47 Å². The molecule has 0 aromatic heterocycles. The molecule has 0 unspecified atom stereocenters. The van der Waals surface area contributed by atoms with Crippen LogP contribution in [0.2, 0.25) is 0 Å². The van der Waals surface area contributed by atoms with Crippen LogP contribution in [0.25, 0.3) is 0 Å². The fraction of sp³-hybridized carbons (Fsp3) is 0.909. The van der Waals surface area contributed by atoms with Gasteiger partial charge in [-0.2, -0.15) is 0 Å². The third-order valence-corrected chi connectivity index (χ3v) is 4.99. The molecule has 200 valence electrons. The number of alkyl halides is 4. The summed E-state index contributed by atoms with van der Waals surface area (Å²) in [6.07, 6.45) is -5.63. The van der Waals surface area contributed by atoms with E-state index in [1.54, 1.807) is 41.5 Å². The van der Waals surface area contributed by atoms with Crippen molar-refractivity contribution in [2.45, 2.75) is 127 Å². The lowest BCUT2D eigenvalue weighted by Gasteiger charge is -2.33. The highest BCUT2D eigenvalue weighted by molar-refractivity contribution is 5.68. The largest absolute Gasteiger partial charge is 0.444 e. The van der Waals surface area contributed by atoms with Crippen molar-refractivity contribution in [3.8, 4) is 0 Å². The molecular formula is C22H38F4N2O6. The van der Waals surface area contributed by atoms with Crippen molar-refractivity contribution in [1.82, 2.24) is 10.6 Å². The van der Waals surface area contributed by atoms with Crippen molar-refractivity contribution >= 4 is 12.2 Å². The van der Waals surface area contributed by atoms with Crippen molar-refractivity contribution in [1.29, 1.82) is 0 Å². The van der Waals surface area contributed by atoms with E-state index in [1.165, 1.54) is 0 Å². The Kier molecular flexibility index (Phi) is 10.0. The Morgan fingerprint density at radius 1 is 0.735 bits per heavy atom. The number of nitrogens with one attached hydrogen (secondary N) is 2. The Labute approximate surface area is 197 Å². The second-order valence-corrected chi connectivity index (χ2v) is 10.8. The number of ether oxygens (including phenoxy) is 2. The van der Waals surface area contributed by atoms with Gasteiger partial charge in [-0.05, 0) is 54.4 Å². The summed E-state index contributed by atoms with van der Waals surface area (Å²) in [6, 6.07) is -1.33. The van der Waals surface area contributed by atoms with E-state index in [1.807, 2.05) is 0 Å². The Bertz CT molecular complexity index is 636. The van der Waals surface area contributed by atoms with Crippen LogP contribution in [0.3, 0.4) is 0 Å². The monoisotopic (exact) mass is 502 g/mol. The van der Waals surface area contributed by atoms with Crippen molar-refractivity contribution in [2.75, 3.05) is 0 Å². The van der Waals surface area contributed by atoms with Crippen LogP contribution in [0.4, 0.5) is 27.2 Å². The minimum atomic E-state index is -2.84. The lowest BCUT2D eigenvalue weighted by atomic mass is 9.90. The normalized spacial score (nSPS) is 28.6. The number of rotatable bonds is 2. The Hall–Kier alpha value is -1.82. The van der Waals surface area contributed by atoms with E-state index in [9.17, 15) is 37.4 Å². The zero-order chi connectivity index (χ0) is 26.5. The molecule has 34 heavy (non-hydrogen) atoms. The molecule has 2 aliphatic rings. The Morgan fingerprint density at radius 2 is 1.03 bits per heavy atom. The molecule has 4 N–H and O–H groups in total. The number of amides is 2. The first-order valence-electron chi connectivity index (χ1n) is 11.3. The summed E-state index contributed by atoms with van der Waals surface area (Å²) in [5.41, 5.74) is -1.29. The average molecular weight is 503 g/mol. The van der Waals surface area contributed by atoms with Crippen LogP contribution in [-0.4, -0.2) is 69.7 Å². The highest BCUT2D eigenvalue weighted by Gasteiger charge is 2.42. The lowest BCUT2D eigenvalue weighted by molar-refractivity contribution is -0.0882. The fourth-order valence-corrected chi connectivity index (χ4v) is 3.47. The van der Waals surface area contributed by atoms with Crippen LogP contribution < -0.4 is 10.6 Å². The summed E-state index contributed by atoms with van der Waals surface area (Å²) >= 11 is 0. The van der Waals surface area contributed by atoms with Crippen LogP contribution >= 0.6 is 0 Å². The van der Waals surface area contributed by atoms with E-state index < -0.39 is 72.4 Å². The number of aliphatic hydroxyl groups is 2. The molecule has 0 radical (unpaired) electrons. The molecule has 0 heterocycles. The molecule has 0 bridgehead atoms. The van der Waals surface area contributed by atoms with E-state index in [0.717, 1.165) is 0 Å². The number of carbonyl (C=O) groups is 2. The summed E-state index contributed by atoms with van der Waals surface area (Å²) < 4.78 is 61.7. The number of hydrogen-bond acceptors (Lipinski definition) is 6. The quantitative estimate of drug-likeness (QED) is 0.422. The number of hydrogen-bond donors (Lipinski definition) is 4. The molecule has 2 rings (SSSR count). The topological polar surface area (TPSA) is 117 Å². The second-order valence-electron chi connectivity index (χ2n) is 10.8. The van der Waals surface area contributed by atoms with E-state index in [-0.39, 0.29) is 25.7 Å². The first-order chi connectivity index (χ1) is 15.2. The standard InChI is InChI=1S/2C11H19F2NO3/c2*1-10(2,3)17-9(16)14-7-4-5-11(12,13)6-8(7)15/h2*7-8,15H,4-6H2,1-3H3,(H,14,16)/t2*7-,8-/m10/s1. The minimum absolute atomic E-state index is 0.0490. The number of aliphatic hydroxyl groups excluding tert-OH is 2. The van der Waals surface area contributed by atoms with E-state index >= 15 is 0 Å². The highest BCUT2D eigenvalue weighted by Crippen LogP contribution is 2.34. The van der Waals surface area contributed by atoms with Gasteiger partial charge in [0, 0.05) is 25.7 Å². The maximum Gasteiger partial charge on any atom is 0.407 e. The smallest absolute Gasteiger partial charge is 0.407 e. The van der Waals surface area contributed by atoms with Gasteiger partial charge in [-0.3, -0.25) is 0 Å². The molecular weight excluding hydrogens is 464 g/mol. The van der Waals surface area contributed by atoms with E-state index in [0.29, 0.717) is 0 Å². The van der Waals surface area contributed by atoms with Gasteiger partial charge in [-0.15, -0.1) is 0 Å². The van der Waals surface area contributed by atoms with Crippen LogP contribution in [0, 0.1) is 0 Å². The van der Waals surface area contributed by atoms with Gasteiger partial charge in [0.2, 0.25) is 0 Å². The molecule has 0 spiro atoms. The molecule has 12 heteroatoms. The molecule has 2 amide bonds. The minimum Gasteiger partial charge on any atom is -0.444 e. The number of carbonyl (C=O) groups excluding carboxylic acids is 2. The molecule has 4 atom stereocenters. The predicted octanol–water partition coefficient (Wildman–Crippen LogP) is 4.12. The highest BCUT2D eigenvalue weighted by atomic mass is 19.3. The summed E-state index contributed by atoms with van der Waals surface area (Å²) in [4.78, 5) is 22.8. The van der Waals surface area contributed by atoms with Crippen LogP contribution in [-0.2, 0) is 9.47 Å². The van der Waals surface area contributed by atoms with Gasteiger partial charge in [-0.1, -0.05) is 0 Å². The zero-order valence-electron chi connectivity index (χ0n) is 20.6. The van der Waals surface area contributed by atoms with Crippen molar-refractivity contribution in [3.63, 3.8) is 0 Å². The molecule has 2 fully saturated rings. The lowest BCUT2D eigenvalue weighted by Crippen LogP contribution is -2.50. The molecule has 2 aliphatic carbocycles. The summed E-state index contributed by atoms with van der Waals surface area (Å²) in [5, 5.41) is 23.8. The summed E-state index contributed by atoms with van der Waals surface area (Å²) in [7, 11) is 0. The van der Waals surface area contributed by atoms with Crippen molar-refractivity contribution in [3.05, 3.63) is 0 Å².